The zero-order valence-corrected chi connectivity index (χ0v) is 11.5. The minimum absolute atomic E-state index is 0.0350. The highest BCUT2D eigenvalue weighted by atomic mass is 35.5. The third-order valence-electron chi connectivity index (χ3n) is 2.48. The van der Waals surface area contributed by atoms with E-state index in [2.05, 4.69) is 15.6 Å². The van der Waals surface area contributed by atoms with Crippen LogP contribution in [0.4, 0.5) is 10.5 Å². The van der Waals surface area contributed by atoms with Crippen molar-refractivity contribution in [1.82, 2.24) is 10.3 Å². The molecule has 0 unspecified atom stereocenters. The smallest absolute Gasteiger partial charge is 0.319 e. The lowest BCUT2D eigenvalue weighted by molar-refractivity contribution is 0.241. The number of hydrogen-bond donors (Lipinski definition) is 3. The van der Waals surface area contributed by atoms with Crippen LogP contribution < -0.4 is 10.6 Å². The maximum absolute atomic E-state index is 11.7. The van der Waals surface area contributed by atoms with Crippen molar-refractivity contribution in [3.05, 3.63) is 22.5 Å². The molecule has 100 valence electrons. The molecule has 0 bridgehead atoms. The summed E-state index contributed by atoms with van der Waals surface area (Å²) in [6.07, 6.45) is 0.506. The second-order valence-corrected chi connectivity index (χ2v) is 4.62. The Morgan fingerprint density at radius 3 is 2.78 bits per heavy atom. The number of anilines is 1. The van der Waals surface area contributed by atoms with E-state index in [0.29, 0.717) is 12.1 Å². The molecular formula is C12H18ClN3O2. The Morgan fingerprint density at radius 2 is 2.22 bits per heavy atom. The number of halogens is 1. The topological polar surface area (TPSA) is 74.2 Å². The van der Waals surface area contributed by atoms with Gasteiger partial charge < -0.3 is 15.7 Å². The molecule has 18 heavy (non-hydrogen) atoms. The van der Waals surface area contributed by atoms with Gasteiger partial charge in [-0.2, -0.15) is 0 Å². The van der Waals surface area contributed by atoms with Crippen LogP contribution >= 0.6 is 11.6 Å². The number of carbonyl (C=O) groups is 1. The van der Waals surface area contributed by atoms with E-state index in [4.69, 9.17) is 16.7 Å². The summed E-state index contributed by atoms with van der Waals surface area (Å²) in [4.78, 5) is 15.8. The summed E-state index contributed by atoms with van der Waals surface area (Å²) in [5.74, 6) is 0. The predicted octanol–water partition coefficient (Wildman–Crippen LogP) is 2.24. The summed E-state index contributed by atoms with van der Waals surface area (Å²) >= 11 is 5.98. The minimum atomic E-state index is -0.355. The summed E-state index contributed by atoms with van der Waals surface area (Å²) < 4.78 is 0. The van der Waals surface area contributed by atoms with Gasteiger partial charge in [0.05, 0.1) is 5.69 Å². The van der Waals surface area contributed by atoms with Crippen molar-refractivity contribution >= 4 is 23.3 Å². The molecule has 0 fully saturated rings. The molecule has 1 aromatic rings. The van der Waals surface area contributed by atoms with Gasteiger partial charge in [-0.15, -0.1) is 0 Å². The number of pyridine rings is 1. The molecule has 0 saturated carbocycles. The lowest BCUT2D eigenvalue weighted by Crippen LogP contribution is -2.36. The second-order valence-electron chi connectivity index (χ2n) is 4.26. The van der Waals surface area contributed by atoms with E-state index in [9.17, 15) is 4.79 Å². The van der Waals surface area contributed by atoms with Gasteiger partial charge in [0.1, 0.15) is 0 Å². The Bertz CT molecular complexity index is 414. The molecule has 0 saturated heterocycles. The van der Waals surface area contributed by atoms with Gasteiger partial charge in [0.2, 0.25) is 0 Å². The molecule has 1 aromatic heterocycles. The summed E-state index contributed by atoms with van der Waals surface area (Å²) in [5, 5.41) is 14.4. The van der Waals surface area contributed by atoms with Gasteiger partial charge in [-0.1, -0.05) is 11.6 Å². The van der Waals surface area contributed by atoms with Gasteiger partial charge in [-0.05, 0) is 38.8 Å². The highest BCUT2D eigenvalue weighted by Gasteiger charge is 2.12. The van der Waals surface area contributed by atoms with Gasteiger partial charge in [-0.3, -0.25) is 0 Å². The number of carbonyl (C=O) groups excluding carboxylic acids is 1. The third-order valence-corrected chi connectivity index (χ3v) is 2.75. The Hall–Kier alpha value is -1.33. The summed E-state index contributed by atoms with van der Waals surface area (Å²) in [7, 11) is 0. The number of nitrogens with zero attached hydrogens (tertiary/aromatic N) is 1. The van der Waals surface area contributed by atoms with Crippen LogP contribution in [-0.4, -0.2) is 28.8 Å². The Balaban J connectivity index is 2.70. The van der Waals surface area contributed by atoms with Crippen LogP contribution in [0, 0.1) is 13.8 Å². The molecular weight excluding hydrogens is 254 g/mol. The van der Waals surface area contributed by atoms with Crippen LogP contribution in [0.5, 0.6) is 0 Å². The molecule has 3 N–H and O–H groups in total. The molecule has 0 spiro atoms. The van der Waals surface area contributed by atoms with Crippen LogP contribution in [0.15, 0.2) is 6.07 Å². The predicted molar refractivity (Wildman–Crippen MR) is 72.0 cm³/mol. The molecule has 2 amide bonds. The van der Waals surface area contributed by atoms with E-state index < -0.39 is 0 Å². The standard InChI is InChI=1S/C12H18ClN3O2/c1-7-6-9(3)14-11(13)10(7)16-12(18)15-8(2)4-5-17/h6,8,17H,4-5H2,1-3H3,(H2,15,16,18)/t8-/m1/s1. The first kappa shape index (κ1) is 14.7. The number of nitrogens with one attached hydrogen (secondary N) is 2. The van der Waals surface area contributed by atoms with E-state index in [-0.39, 0.29) is 23.8 Å². The van der Waals surface area contributed by atoms with Gasteiger partial charge >= 0.3 is 6.03 Å². The molecule has 0 aliphatic carbocycles. The van der Waals surface area contributed by atoms with Crippen molar-refractivity contribution < 1.29 is 9.90 Å². The van der Waals surface area contributed by atoms with Crippen molar-refractivity contribution in [2.45, 2.75) is 33.2 Å². The van der Waals surface area contributed by atoms with Gasteiger partial charge in [0.25, 0.3) is 0 Å². The van der Waals surface area contributed by atoms with Gasteiger partial charge in [0, 0.05) is 18.3 Å². The number of rotatable bonds is 4. The molecule has 0 radical (unpaired) electrons. The number of aliphatic hydroxyl groups is 1. The molecule has 0 aromatic carbocycles. The first-order valence-corrected chi connectivity index (χ1v) is 6.14. The first-order valence-electron chi connectivity index (χ1n) is 5.76. The maximum atomic E-state index is 11.7. The number of urea groups is 1. The molecule has 1 atom stereocenters. The monoisotopic (exact) mass is 271 g/mol. The summed E-state index contributed by atoms with van der Waals surface area (Å²) in [6.45, 7) is 5.55. The number of hydrogen-bond acceptors (Lipinski definition) is 3. The minimum Gasteiger partial charge on any atom is -0.396 e. The maximum Gasteiger partial charge on any atom is 0.319 e. The van der Waals surface area contributed by atoms with E-state index in [1.54, 1.807) is 0 Å². The fraction of sp³-hybridized carbons (Fsp3) is 0.500. The lowest BCUT2D eigenvalue weighted by atomic mass is 10.2. The molecule has 1 rings (SSSR count). The SMILES string of the molecule is Cc1cc(C)c(NC(=O)N[C@H](C)CCO)c(Cl)n1. The van der Waals surface area contributed by atoms with Crippen LogP contribution in [-0.2, 0) is 0 Å². The van der Waals surface area contributed by atoms with E-state index in [1.807, 2.05) is 26.8 Å². The first-order chi connectivity index (χ1) is 8.43. The Morgan fingerprint density at radius 1 is 1.56 bits per heavy atom. The summed E-state index contributed by atoms with van der Waals surface area (Å²) in [5.41, 5.74) is 2.17. The van der Waals surface area contributed by atoms with E-state index in [1.165, 1.54) is 0 Å². The average molecular weight is 272 g/mol. The molecule has 5 nitrogen and oxygen atoms in total. The zero-order valence-electron chi connectivity index (χ0n) is 10.7. The van der Waals surface area contributed by atoms with Gasteiger partial charge in [0.15, 0.2) is 5.15 Å². The molecule has 0 aliphatic rings. The van der Waals surface area contributed by atoms with Crippen LogP contribution in [0.1, 0.15) is 24.6 Å². The Labute approximate surface area is 112 Å². The number of aromatic nitrogens is 1. The molecule has 1 heterocycles. The number of amides is 2. The largest absolute Gasteiger partial charge is 0.396 e. The normalized spacial score (nSPS) is 12.1. The quantitative estimate of drug-likeness (QED) is 0.735. The van der Waals surface area contributed by atoms with Crippen molar-refractivity contribution in [1.29, 1.82) is 0 Å². The lowest BCUT2D eigenvalue weighted by Gasteiger charge is -2.15. The fourth-order valence-electron chi connectivity index (χ4n) is 1.58. The average Bonchev–Trinajstić information content (AvgIpc) is 2.23. The van der Waals surface area contributed by atoms with Crippen LogP contribution in [0.3, 0.4) is 0 Å². The third kappa shape index (κ3) is 4.16. The second kappa shape index (κ2) is 6.56. The summed E-state index contributed by atoms with van der Waals surface area (Å²) in [6, 6.07) is 1.39. The number of aryl methyl sites for hydroxylation is 2. The van der Waals surface area contributed by atoms with Crippen LogP contribution in [0.25, 0.3) is 0 Å². The fourth-order valence-corrected chi connectivity index (χ4v) is 1.91. The van der Waals surface area contributed by atoms with E-state index >= 15 is 0 Å². The van der Waals surface area contributed by atoms with Crippen molar-refractivity contribution in [2.75, 3.05) is 11.9 Å². The zero-order chi connectivity index (χ0) is 13.7. The molecule has 6 heteroatoms. The molecule has 0 aliphatic heterocycles. The van der Waals surface area contributed by atoms with Crippen molar-refractivity contribution in [2.24, 2.45) is 0 Å². The highest BCUT2D eigenvalue weighted by Crippen LogP contribution is 2.24. The van der Waals surface area contributed by atoms with E-state index in [0.717, 1.165) is 11.3 Å². The number of aliphatic hydroxyl groups excluding tert-OH is 1. The Kier molecular flexibility index (Phi) is 5.37. The van der Waals surface area contributed by atoms with Gasteiger partial charge in [-0.25, -0.2) is 9.78 Å². The van der Waals surface area contributed by atoms with Crippen molar-refractivity contribution in [3.63, 3.8) is 0 Å². The van der Waals surface area contributed by atoms with Crippen molar-refractivity contribution in [3.8, 4) is 0 Å². The van der Waals surface area contributed by atoms with Crippen LogP contribution in [0.2, 0.25) is 5.15 Å². The highest BCUT2D eigenvalue weighted by molar-refractivity contribution is 6.32.